The molecule has 6 heteroatoms. The van der Waals surface area contributed by atoms with Crippen molar-refractivity contribution in [2.75, 3.05) is 6.54 Å². The summed E-state index contributed by atoms with van der Waals surface area (Å²) in [5.41, 5.74) is 0.992. The van der Waals surface area contributed by atoms with Gasteiger partial charge in [-0.2, -0.15) is 5.10 Å². The van der Waals surface area contributed by atoms with Crippen molar-refractivity contribution in [2.45, 2.75) is 46.3 Å². The van der Waals surface area contributed by atoms with Crippen LogP contribution in [0.5, 0.6) is 0 Å². The maximum atomic E-state index is 12.0. The maximum absolute atomic E-state index is 12.0. The topological polar surface area (TPSA) is 67.2 Å². The van der Waals surface area contributed by atoms with Crippen molar-refractivity contribution in [1.82, 2.24) is 15.1 Å². The van der Waals surface area contributed by atoms with Crippen molar-refractivity contribution in [1.29, 1.82) is 0 Å². The summed E-state index contributed by atoms with van der Waals surface area (Å²) in [6, 6.07) is 0. The number of nitrogens with zero attached hydrogens (tertiary/aromatic N) is 2. The van der Waals surface area contributed by atoms with Gasteiger partial charge >= 0.3 is 0 Å². The highest BCUT2D eigenvalue weighted by Gasteiger charge is 2.19. The molecule has 0 fully saturated rings. The van der Waals surface area contributed by atoms with Crippen LogP contribution in [0.3, 0.4) is 0 Å². The molecule has 0 aliphatic carbocycles. The molecular weight excluding hydrogens is 254 g/mol. The molecule has 1 amide bonds. The van der Waals surface area contributed by atoms with E-state index in [0.717, 1.165) is 6.42 Å². The van der Waals surface area contributed by atoms with E-state index in [1.807, 2.05) is 13.8 Å². The summed E-state index contributed by atoms with van der Waals surface area (Å²) in [6.45, 7) is 6.49. The molecule has 0 aliphatic rings. The average Bonchev–Trinajstić information content (AvgIpc) is 2.61. The number of aryl methyl sites for hydroxylation is 2. The third-order valence-electron chi connectivity index (χ3n) is 2.71. The van der Waals surface area contributed by atoms with E-state index in [0.29, 0.717) is 29.4 Å². The average molecular weight is 274 g/mol. The normalized spacial score (nSPS) is 12.5. The van der Waals surface area contributed by atoms with Crippen LogP contribution in [0.2, 0.25) is 5.15 Å². The predicted molar refractivity (Wildman–Crippen MR) is 70.9 cm³/mol. The van der Waals surface area contributed by atoms with Gasteiger partial charge in [-0.05, 0) is 20.3 Å². The number of hydrogen-bond donors (Lipinski definition) is 2. The van der Waals surface area contributed by atoms with Crippen LogP contribution >= 0.6 is 11.6 Å². The lowest BCUT2D eigenvalue weighted by Crippen LogP contribution is -2.32. The van der Waals surface area contributed by atoms with Crippen LogP contribution < -0.4 is 5.32 Å². The first kappa shape index (κ1) is 15.0. The number of nitrogens with one attached hydrogen (secondary N) is 1. The molecule has 102 valence electrons. The van der Waals surface area contributed by atoms with Crippen molar-refractivity contribution in [2.24, 2.45) is 0 Å². The first-order valence-corrected chi connectivity index (χ1v) is 6.58. The molecule has 1 rings (SSSR count). The molecule has 0 aromatic carbocycles. The quantitative estimate of drug-likeness (QED) is 0.830. The van der Waals surface area contributed by atoms with Crippen LogP contribution in [0.15, 0.2) is 0 Å². The van der Waals surface area contributed by atoms with E-state index in [1.54, 1.807) is 11.6 Å². The van der Waals surface area contributed by atoms with Gasteiger partial charge in [-0.1, -0.05) is 24.9 Å². The highest BCUT2D eigenvalue weighted by atomic mass is 35.5. The Morgan fingerprint density at radius 2 is 2.22 bits per heavy atom. The summed E-state index contributed by atoms with van der Waals surface area (Å²) in [4.78, 5) is 12.0. The van der Waals surface area contributed by atoms with E-state index >= 15 is 0 Å². The van der Waals surface area contributed by atoms with Crippen molar-refractivity contribution < 1.29 is 9.90 Å². The van der Waals surface area contributed by atoms with Gasteiger partial charge in [0.05, 0.1) is 17.4 Å². The molecule has 0 saturated carbocycles. The largest absolute Gasteiger partial charge is 0.391 e. The van der Waals surface area contributed by atoms with Crippen molar-refractivity contribution in [3.05, 3.63) is 16.4 Å². The van der Waals surface area contributed by atoms with Gasteiger partial charge < -0.3 is 10.4 Å². The minimum absolute atomic E-state index is 0.236. The summed E-state index contributed by atoms with van der Waals surface area (Å²) < 4.78 is 1.58. The van der Waals surface area contributed by atoms with Crippen LogP contribution in [0.25, 0.3) is 0 Å². The summed E-state index contributed by atoms with van der Waals surface area (Å²) in [5.74, 6) is -0.285. The lowest BCUT2D eigenvalue weighted by atomic mass is 10.2. The Balaban J connectivity index is 2.70. The second-order valence-electron chi connectivity index (χ2n) is 4.22. The minimum Gasteiger partial charge on any atom is -0.391 e. The number of carbonyl (C=O) groups is 1. The molecule has 0 aliphatic heterocycles. The lowest BCUT2D eigenvalue weighted by Gasteiger charge is -2.10. The molecule has 1 heterocycles. The molecule has 1 aromatic heterocycles. The van der Waals surface area contributed by atoms with Gasteiger partial charge in [0, 0.05) is 13.1 Å². The molecule has 5 nitrogen and oxygen atoms in total. The summed E-state index contributed by atoms with van der Waals surface area (Å²) in [7, 11) is 0. The fourth-order valence-electron chi connectivity index (χ4n) is 1.75. The SMILES string of the molecule is CCCC(O)CNC(=O)c1c(C)nn(CC)c1Cl. The second-order valence-corrected chi connectivity index (χ2v) is 4.58. The van der Waals surface area contributed by atoms with Crippen molar-refractivity contribution in [3.63, 3.8) is 0 Å². The van der Waals surface area contributed by atoms with Gasteiger partial charge in [-0.25, -0.2) is 0 Å². The molecule has 1 aromatic rings. The van der Waals surface area contributed by atoms with Gasteiger partial charge in [0.15, 0.2) is 0 Å². The third-order valence-corrected chi connectivity index (χ3v) is 3.10. The van der Waals surface area contributed by atoms with E-state index in [9.17, 15) is 9.90 Å². The third kappa shape index (κ3) is 3.46. The lowest BCUT2D eigenvalue weighted by molar-refractivity contribution is 0.0909. The van der Waals surface area contributed by atoms with E-state index < -0.39 is 6.10 Å². The minimum atomic E-state index is -0.515. The Morgan fingerprint density at radius 3 is 2.72 bits per heavy atom. The van der Waals surface area contributed by atoms with Crippen molar-refractivity contribution in [3.8, 4) is 0 Å². The Kier molecular flexibility index (Phi) is 5.62. The zero-order chi connectivity index (χ0) is 13.7. The summed E-state index contributed by atoms with van der Waals surface area (Å²) in [5, 5.41) is 16.8. The van der Waals surface area contributed by atoms with Crippen LogP contribution in [0, 0.1) is 6.92 Å². The van der Waals surface area contributed by atoms with Gasteiger partial charge in [-0.15, -0.1) is 0 Å². The Labute approximate surface area is 112 Å². The molecule has 0 bridgehead atoms. The number of aliphatic hydroxyl groups is 1. The predicted octanol–water partition coefficient (Wildman–Crippen LogP) is 1.76. The highest BCUT2D eigenvalue weighted by molar-refractivity contribution is 6.33. The van der Waals surface area contributed by atoms with E-state index in [1.165, 1.54) is 0 Å². The zero-order valence-corrected chi connectivity index (χ0v) is 11.8. The summed E-state index contributed by atoms with van der Waals surface area (Å²) >= 11 is 6.08. The maximum Gasteiger partial charge on any atom is 0.256 e. The van der Waals surface area contributed by atoms with Gasteiger partial charge in [0.25, 0.3) is 5.91 Å². The monoisotopic (exact) mass is 273 g/mol. The first-order chi connectivity index (χ1) is 8.51. The Morgan fingerprint density at radius 1 is 1.56 bits per heavy atom. The number of carbonyl (C=O) groups excluding carboxylic acids is 1. The fraction of sp³-hybridized carbons (Fsp3) is 0.667. The Hall–Kier alpha value is -1.07. The molecule has 18 heavy (non-hydrogen) atoms. The second kappa shape index (κ2) is 6.75. The standard InChI is InChI=1S/C12H20ClN3O2/c1-4-6-9(17)7-14-12(18)10-8(3)15-16(5-2)11(10)13/h9,17H,4-7H2,1-3H3,(H,14,18). The molecule has 0 radical (unpaired) electrons. The highest BCUT2D eigenvalue weighted by Crippen LogP contribution is 2.19. The van der Waals surface area contributed by atoms with E-state index in [-0.39, 0.29) is 12.5 Å². The first-order valence-electron chi connectivity index (χ1n) is 6.20. The molecule has 0 saturated heterocycles. The number of rotatable bonds is 6. The number of halogens is 1. The molecule has 1 atom stereocenters. The van der Waals surface area contributed by atoms with Crippen LogP contribution in [0.1, 0.15) is 42.7 Å². The van der Waals surface area contributed by atoms with Crippen LogP contribution in [0.4, 0.5) is 0 Å². The number of hydrogen-bond acceptors (Lipinski definition) is 3. The van der Waals surface area contributed by atoms with Gasteiger partial charge in [-0.3, -0.25) is 9.48 Å². The van der Waals surface area contributed by atoms with Crippen molar-refractivity contribution >= 4 is 17.5 Å². The Bertz CT molecular complexity index is 418. The fourth-order valence-corrected chi connectivity index (χ4v) is 2.13. The molecular formula is C12H20ClN3O2. The summed E-state index contributed by atoms with van der Waals surface area (Å²) in [6.07, 6.45) is 1.03. The molecule has 0 spiro atoms. The number of aliphatic hydroxyl groups excluding tert-OH is 1. The van der Waals surface area contributed by atoms with Gasteiger partial charge in [0.1, 0.15) is 5.15 Å². The smallest absolute Gasteiger partial charge is 0.256 e. The zero-order valence-electron chi connectivity index (χ0n) is 11.0. The van der Waals surface area contributed by atoms with Crippen LogP contribution in [-0.2, 0) is 6.54 Å². The number of aromatic nitrogens is 2. The molecule has 1 unspecified atom stereocenters. The van der Waals surface area contributed by atoms with E-state index in [4.69, 9.17) is 11.6 Å². The molecule has 2 N–H and O–H groups in total. The van der Waals surface area contributed by atoms with Gasteiger partial charge in [0.2, 0.25) is 0 Å². The van der Waals surface area contributed by atoms with E-state index in [2.05, 4.69) is 10.4 Å². The van der Waals surface area contributed by atoms with Crippen LogP contribution in [-0.4, -0.2) is 33.4 Å². The number of amides is 1.